The van der Waals surface area contributed by atoms with Crippen LogP contribution in [0.1, 0.15) is 75.5 Å². The molecular weight excluding hydrogens is 578 g/mol. The standard InChI is InChI=1S/C36H48ClNO4S/c1-7-9-11-12-26(3)22-30-25-38-21-20-36(30,39)35(28-15-17-31(37)18-16-28)33(34(42-5)13-10-8-2)24-29-23-32(43(6,40)41)19-14-27(29)4/h9,11-19,23-24,30,35,38-39H,7-8,10,20-22,25H2,1-6H3. The zero-order chi connectivity index (χ0) is 31.6. The Kier molecular flexibility index (Phi) is 12.9. The second-order valence-corrected chi connectivity index (χ2v) is 14.1. The van der Waals surface area contributed by atoms with Gasteiger partial charge in [-0.05, 0) is 99.2 Å². The fourth-order valence-electron chi connectivity index (χ4n) is 5.86. The van der Waals surface area contributed by atoms with Crippen LogP contribution in [0.5, 0.6) is 0 Å². The van der Waals surface area contributed by atoms with Gasteiger partial charge >= 0.3 is 0 Å². The first-order valence-electron chi connectivity index (χ1n) is 15.2. The summed E-state index contributed by atoms with van der Waals surface area (Å²) in [4.78, 5) is 0.252. The van der Waals surface area contributed by atoms with E-state index in [0.717, 1.165) is 47.9 Å². The Bertz CT molecular complexity index is 1460. The molecule has 7 heteroatoms. The fourth-order valence-corrected chi connectivity index (χ4v) is 6.64. The van der Waals surface area contributed by atoms with Gasteiger partial charge in [-0.3, -0.25) is 0 Å². The van der Waals surface area contributed by atoms with E-state index in [9.17, 15) is 13.5 Å². The topological polar surface area (TPSA) is 75.6 Å². The Morgan fingerprint density at radius 3 is 2.56 bits per heavy atom. The lowest BCUT2D eigenvalue weighted by molar-refractivity contribution is -0.0552. The zero-order valence-corrected chi connectivity index (χ0v) is 28.1. The number of allylic oxidation sites excluding steroid dienone is 6. The Balaban J connectivity index is 2.34. The number of aliphatic hydroxyl groups is 1. The van der Waals surface area contributed by atoms with Crippen LogP contribution in [0.2, 0.25) is 5.02 Å². The molecule has 2 aromatic rings. The van der Waals surface area contributed by atoms with Gasteiger partial charge in [0.1, 0.15) is 5.76 Å². The van der Waals surface area contributed by atoms with E-state index < -0.39 is 21.4 Å². The second-order valence-electron chi connectivity index (χ2n) is 11.6. The number of hydrogen-bond acceptors (Lipinski definition) is 5. The highest BCUT2D eigenvalue weighted by Crippen LogP contribution is 2.48. The molecule has 3 atom stereocenters. The normalized spacial score (nSPS) is 21.3. The molecule has 0 saturated carbocycles. The number of unbranched alkanes of at least 4 members (excludes halogenated alkanes) is 1. The molecule has 43 heavy (non-hydrogen) atoms. The number of benzene rings is 2. The minimum absolute atomic E-state index is 0.0932. The number of aryl methyl sites for hydroxylation is 1. The summed E-state index contributed by atoms with van der Waals surface area (Å²) in [5.41, 5.74) is 3.50. The molecule has 3 rings (SSSR count). The lowest BCUT2D eigenvalue weighted by Crippen LogP contribution is -2.54. The van der Waals surface area contributed by atoms with Crippen molar-refractivity contribution in [3.05, 3.63) is 105 Å². The molecule has 3 unspecified atom stereocenters. The monoisotopic (exact) mass is 625 g/mol. The van der Waals surface area contributed by atoms with E-state index in [1.54, 1.807) is 19.2 Å². The summed E-state index contributed by atoms with van der Waals surface area (Å²) in [6.45, 7) is 9.65. The highest BCUT2D eigenvalue weighted by molar-refractivity contribution is 7.90. The third kappa shape index (κ3) is 9.18. The van der Waals surface area contributed by atoms with E-state index in [0.29, 0.717) is 30.3 Å². The number of halogens is 1. The molecule has 0 aliphatic carbocycles. The summed E-state index contributed by atoms with van der Waals surface area (Å²) >= 11 is 6.35. The van der Waals surface area contributed by atoms with Crippen molar-refractivity contribution in [3.8, 4) is 0 Å². The van der Waals surface area contributed by atoms with Crippen molar-refractivity contribution in [1.82, 2.24) is 5.32 Å². The summed E-state index contributed by atoms with van der Waals surface area (Å²) in [7, 11) is -1.76. The first-order valence-corrected chi connectivity index (χ1v) is 17.5. The van der Waals surface area contributed by atoms with Crippen molar-refractivity contribution in [3.63, 3.8) is 0 Å². The van der Waals surface area contributed by atoms with Crippen LogP contribution in [-0.4, -0.2) is 45.6 Å². The number of nitrogens with one attached hydrogen (secondary N) is 1. The Labute approximate surface area is 264 Å². The van der Waals surface area contributed by atoms with Gasteiger partial charge in [0, 0.05) is 35.2 Å². The maximum absolute atomic E-state index is 13.0. The second kappa shape index (κ2) is 15.9. The zero-order valence-electron chi connectivity index (χ0n) is 26.5. The van der Waals surface area contributed by atoms with Gasteiger partial charge in [-0.1, -0.05) is 73.9 Å². The molecule has 1 saturated heterocycles. The van der Waals surface area contributed by atoms with Crippen LogP contribution in [-0.2, 0) is 14.6 Å². The number of methoxy groups -OCH3 is 1. The number of ether oxygens (including phenoxy) is 1. The van der Waals surface area contributed by atoms with Crippen molar-refractivity contribution in [2.45, 2.75) is 76.2 Å². The van der Waals surface area contributed by atoms with Crippen LogP contribution in [0.4, 0.5) is 0 Å². The molecular formula is C36H48ClNO4S. The molecule has 0 radical (unpaired) electrons. The molecule has 0 bridgehead atoms. The molecule has 0 spiro atoms. The molecule has 1 aliphatic rings. The summed E-state index contributed by atoms with van der Waals surface area (Å²) in [6.07, 6.45) is 15.6. The van der Waals surface area contributed by atoms with Gasteiger partial charge in [0.25, 0.3) is 0 Å². The maximum atomic E-state index is 13.0. The van der Waals surface area contributed by atoms with Crippen LogP contribution >= 0.6 is 11.6 Å². The molecule has 234 valence electrons. The smallest absolute Gasteiger partial charge is 0.175 e. The summed E-state index contributed by atoms with van der Waals surface area (Å²) in [5.74, 6) is 0.111. The van der Waals surface area contributed by atoms with Gasteiger partial charge in [0.2, 0.25) is 0 Å². The third-order valence-corrected chi connectivity index (χ3v) is 9.61. The Morgan fingerprint density at radius 1 is 1.21 bits per heavy atom. The molecule has 0 aromatic heterocycles. The van der Waals surface area contributed by atoms with E-state index in [-0.39, 0.29) is 10.8 Å². The van der Waals surface area contributed by atoms with E-state index in [1.165, 1.54) is 11.8 Å². The summed E-state index contributed by atoms with van der Waals surface area (Å²) in [6, 6.07) is 12.9. The van der Waals surface area contributed by atoms with Gasteiger partial charge < -0.3 is 15.2 Å². The molecule has 1 fully saturated rings. The summed E-state index contributed by atoms with van der Waals surface area (Å²) < 4.78 is 31.1. The lowest BCUT2D eigenvalue weighted by atomic mass is 9.65. The Hall–Kier alpha value is -2.64. The van der Waals surface area contributed by atoms with Gasteiger partial charge in [-0.15, -0.1) is 0 Å². The van der Waals surface area contributed by atoms with Crippen molar-refractivity contribution in [2.75, 3.05) is 26.5 Å². The maximum Gasteiger partial charge on any atom is 0.175 e. The van der Waals surface area contributed by atoms with Crippen LogP contribution in [0.3, 0.4) is 0 Å². The fraction of sp³-hybridized carbons (Fsp3) is 0.444. The molecule has 2 aromatic carbocycles. The van der Waals surface area contributed by atoms with Crippen LogP contribution in [0, 0.1) is 12.8 Å². The average molecular weight is 626 g/mol. The van der Waals surface area contributed by atoms with Gasteiger partial charge in [0.05, 0.1) is 17.6 Å². The third-order valence-electron chi connectivity index (χ3n) is 8.25. The van der Waals surface area contributed by atoms with E-state index in [2.05, 4.69) is 50.4 Å². The predicted octanol–water partition coefficient (Wildman–Crippen LogP) is 8.19. The number of rotatable bonds is 13. The van der Waals surface area contributed by atoms with Crippen LogP contribution in [0.15, 0.2) is 88.6 Å². The largest absolute Gasteiger partial charge is 0.497 e. The quantitative estimate of drug-likeness (QED) is 0.173. The van der Waals surface area contributed by atoms with Gasteiger partial charge in [-0.2, -0.15) is 0 Å². The molecule has 1 aliphatic heterocycles. The van der Waals surface area contributed by atoms with Crippen molar-refractivity contribution in [2.24, 2.45) is 5.92 Å². The molecule has 0 amide bonds. The van der Waals surface area contributed by atoms with Crippen LogP contribution < -0.4 is 5.32 Å². The van der Waals surface area contributed by atoms with E-state index in [4.69, 9.17) is 16.3 Å². The lowest BCUT2D eigenvalue weighted by Gasteiger charge is -2.47. The number of piperidine rings is 1. The SMILES string of the molecule is CCC=CC=C(C)CC1CNCCC1(O)C(C(=Cc1cc(S(C)(=O)=O)ccc1C)C(=CCCC)OC)c1ccc(Cl)cc1. The van der Waals surface area contributed by atoms with Crippen molar-refractivity contribution in [1.29, 1.82) is 0 Å². The van der Waals surface area contributed by atoms with Gasteiger partial charge in [-0.25, -0.2) is 8.42 Å². The highest BCUT2D eigenvalue weighted by atomic mass is 35.5. The van der Waals surface area contributed by atoms with Crippen molar-refractivity contribution >= 4 is 27.5 Å². The van der Waals surface area contributed by atoms with Crippen molar-refractivity contribution < 1.29 is 18.3 Å². The molecule has 2 N–H and O–H groups in total. The number of sulfone groups is 1. The first kappa shape index (κ1) is 34.8. The molecule has 1 heterocycles. The van der Waals surface area contributed by atoms with Gasteiger partial charge in [0.15, 0.2) is 9.84 Å². The number of hydrogen-bond donors (Lipinski definition) is 2. The molecule has 5 nitrogen and oxygen atoms in total. The minimum atomic E-state index is -3.42. The van der Waals surface area contributed by atoms with Crippen LogP contribution in [0.25, 0.3) is 6.08 Å². The Morgan fingerprint density at radius 2 is 1.93 bits per heavy atom. The van der Waals surface area contributed by atoms with E-state index in [1.807, 2.05) is 43.3 Å². The minimum Gasteiger partial charge on any atom is -0.497 e. The summed E-state index contributed by atoms with van der Waals surface area (Å²) in [5, 5.41) is 17.1. The highest BCUT2D eigenvalue weighted by Gasteiger charge is 2.48. The predicted molar refractivity (Wildman–Crippen MR) is 180 cm³/mol. The van der Waals surface area contributed by atoms with E-state index >= 15 is 0 Å². The first-order chi connectivity index (χ1) is 20.4. The average Bonchev–Trinajstić information content (AvgIpc) is 2.96.